The molecule has 0 saturated heterocycles. The molecule has 5 nitrogen and oxygen atoms in total. The fourth-order valence-corrected chi connectivity index (χ4v) is 4.32. The third kappa shape index (κ3) is 6.50. The first-order chi connectivity index (χ1) is 14.6. The van der Waals surface area contributed by atoms with E-state index in [-0.39, 0.29) is 33.7 Å². The minimum atomic E-state index is -4.40. The molecule has 0 aromatic heterocycles. The predicted octanol–water partition coefficient (Wildman–Crippen LogP) is 5.03. The number of hydrogen-bond acceptors (Lipinski definition) is 4. The lowest BCUT2D eigenvalue weighted by atomic mass is 10.1. The van der Waals surface area contributed by atoms with Crippen LogP contribution in [0.15, 0.2) is 88.7 Å². The molecule has 1 amide bonds. The molecule has 3 aromatic carbocycles. The average Bonchev–Trinajstić information content (AvgIpc) is 2.73. The van der Waals surface area contributed by atoms with Gasteiger partial charge in [0.15, 0.2) is 0 Å². The Morgan fingerprint density at radius 1 is 0.871 bits per heavy atom. The highest BCUT2D eigenvalue weighted by Crippen LogP contribution is 2.36. The summed E-state index contributed by atoms with van der Waals surface area (Å²) in [4.78, 5) is 12.4. The second kappa shape index (κ2) is 9.44. The molecule has 3 rings (SSSR count). The number of alkyl halides is 3. The summed E-state index contributed by atoms with van der Waals surface area (Å²) >= 11 is -0.260. The van der Waals surface area contributed by atoms with E-state index in [0.717, 1.165) is 0 Å². The van der Waals surface area contributed by atoms with Gasteiger partial charge in [0.25, 0.3) is 15.9 Å². The molecule has 0 atom stereocenters. The number of sulfonamides is 1. The van der Waals surface area contributed by atoms with E-state index in [0.29, 0.717) is 11.3 Å². The maximum absolute atomic E-state index is 12.6. The lowest BCUT2D eigenvalue weighted by molar-refractivity contribution is -0.0328. The second-order valence-corrected chi connectivity index (χ2v) is 9.15. The Bertz CT molecular complexity index is 1150. The molecule has 0 aliphatic heterocycles. The zero-order chi connectivity index (χ0) is 22.5. The maximum Gasteiger partial charge on any atom is 0.446 e. The number of para-hydroxylation sites is 1. The lowest BCUT2D eigenvalue weighted by Crippen LogP contribution is -2.24. The highest BCUT2D eigenvalue weighted by molar-refractivity contribution is 8.00. The standard InChI is InChI=1S/C21H17F3N2O3S2/c22-21(23,24)30-17-12-10-15(11-13-17)20(27)25-14-16-6-4-5-9-19(16)26-31(28,29)18-7-2-1-3-8-18/h1-13,26H,14H2,(H,25,27). The van der Waals surface area contributed by atoms with Gasteiger partial charge in [-0.2, -0.15) is 13.2 Å². The summed E-state index contributed by atoms with van der Waals surface area (Å²) in [6, 6.07) is 19.5. The molecule has 31 heavy (non-hydrogen) atoms. The maximum atomic E-state index is 12.6. The number of thioether (sulfide) groups is 1. The first kappa shape index (κ1) is 22.7. The van der Waals surface area contributed by atoms with Crippen molar-refractivity contribution in [3.05, 3.63) is 90.0 Å². The van der Waals surface area contributed by atoms with Crippen LogP contribution in [0.3, 0.4) is 0 Å². The first-order valence-corrected chi connectivity index (χ1v) is 11.2. The summed E-state index contributed by atoms with van der Waals surface area (Å²) in [7, 11) is -3.80. The smallest absolute Gasteiger partial charge is 0.348 e. The molecule has 10 heteroatoms. The van der Waals surface area contributed by atoms with Gasteiger partial charge in [0.1, 0.15) is 0 Å². The van der Waals surface area contributed by atoms with Gasteiger partial charge in [-0.3, -0.25) is 9.52 Å². The predicted molar refractivity (Wildman–Crippen MR) is 113 cm³/mol. The van der Waals surface area contributed by atoms with Crippen LogP contribution in [0.25, 0.3) is 0 Å². The fourth-order valence-electron chi connectivity index (χ4n) is 2.66. The number of rotatable bonds is 7. The molecule has 162 valence electrons. The molecule has 0 saturated carbocycles. The van der Waals surface area contributed by atoms with Crippen molar-refractivity contribution >= 4 is 33.4 Å². The van der Waals surface area contributed by atoms with E-state index in [1.54, 1.807) is 42.5 Å². The Morgan fingerprint density at radius 3 is 2.13 bits per heavy atom. The molecule has 2 N–H and O–H groups in total. The van der Waals surface area contributed by atoms with Crippen LogP contribution in [0, 0.1) is 0 Å². The Labute approximate surface area is 181 Å². The Morgan fingerprint density at radius 2 is 1.48 bits per heavy atom. The zero-order valence-corrected chi connectivity index (χ0v) is 17.5. The molecule has 0 spiro atoms. The largest absolute Gasteiger partial charge is 0.446 e. The van der Waals surface area contributed by atoms with Gasteiger partial charge in [-0.05, 0) is 59.8 Å². The van der Waals surface area contributed by atoms with E-state index in [2.05, 4.69) is 10.0 Å². The molecule has 0 fully saturated rings. The average molecular weight is 467 g/mol. The zero-order valence-electron chi connectivity index (χ0n) is 15.9. The van der Waals surface area contributed by atoms with E-state index in [4.69, 9.17) is 0 Å². The van der Waals surface area contributed by atoms with Crippen LogP contribution in [0.5, 0.6) is 0 Å². The number of nitrogens with one attached hydrogen (secondary N) is 2. The van der Waals surface area contributed by atoms with E-state index in [1.165, 1.54) is 36.4 Å². The number of hydrogen-bond donors (Lipinski definition) is 2. The van der Waals surface area contributed by atoms with Crippen molar-refractivity contribution in [2.75, 3.05) is 4.72 Å². The van der Waals surface area contributed by atoms with Crippen molar-refractivity contribution in [2.24, 2.45) is 0 Å². The number of carbonyl (C=O) groups excluding carboxylic acids is 1. The Balaban J connectivity index is 1.68. The summed E-state index contributed by atoms with van der Waals surface area (Å²) in [6.45, 7) is 0.0192. The SMILES string of the molecule is O=C(NCc1ccccc1NS(=O)(=O)c1ccccc1)c1ccc(SC(F)(F)F)cc1. The van der Waals surface area contributed by atoms with Crippen molar-refractivity contribution in [1.82, 2.24) is 5.32 Å². The highest BCUT2D eigenvalue weighted by Gasteiger charge is 2.29. The molecule has 0 bridgehead atoms. The molecular formula is C21H17F3N2O3S2. The molecule has 0 aliphatic rings. The van der Waals surface area contributed by atoms with Crippen LogP contribution in [-0.2, 0) is 16.6 Å². The van der Waals surface area contributed by atoms with Crippen molar-refractivity contribution < 1.29 is 26.4 Å². The van der Waals surface area contributed by atoms with Gasteiger partial charge in [0, 0.05) is 17.0 Å². The van der Waals surface area contributed by atoms with Gasteiger partial charge in [-0.25, -0.2) is 8.42 Å². The molecule has 0 radical (unpaired) electrons. The molecule has 0 aliphatic carbocycles. The second-order valence-electron chi connectivity index (χ2n) is 6.33. The fraction of sp³-hybridized carbons (Fsp3) is 0.0952. The van der Waals surface area contributed by atoms with Crippen LogP contribution in [0.2, 0.25) is 0 Å². The molecular weight excluding hydrogens is 449 g/mol. The van der Waals surface area contributed by atoms with Crippen molar-refractivity contribution in [3.63, 3.8) is 0 Å². The highest BCUT2D eigenvalue weighted by atomic mass is 32.2. The minimum Gasteiger partial charge on any atom is -0.348 e. The Kier molecular flexibility index (Phi) is 6.91. The summed E-state index contributed by atoms with van der Waals surface area (Å²) in [6.07, 6.45) is 0. The quantitative estimate of drug-likeness (QED) is 0.479. The molecule has 0 unspecified atom stereocenters. The van der Waals surface area contributed by atoms with Gasteiger partial charge < -0.3 is 5.32 Å². The van der Waals surface area contributed by atoms with Gasteiger partial charge in [-0.15, -0.1) is 0 Å². The summed E-state index contributed by atoms with van der Waals surface area (Å²) in [5.74, 6) is -0.496. The van der Waals surface area contributed by atoms with Gasteiger partial charge in [0.2, 0.25) is 0 Å². The van der Waals surface area contributed by atoms with Crippen LogP contribution in [0.1, 0.15) is 15.9 Å². The minimum absolute atomic E-state index is 0.0192. The van der Waals surface area contributed by atoms with Crippen LogP contribution >= 0.6 is 11.8 Å². The van der Waals surface area contributed by atoms with E-state index >= 15 is 0 Å². The number of benzene rings is 3. The van der Waals surface area contributed by atoms with Crippen molar-refractivity contribution in [1.29, 1.82) is 0 Å². The summed E-state index contributed by atoms with van der Waals surface area (Å²) < 4.78 is 64.9. The third-order valence-electron chi connectivity index (χ3n) is 4.10. The number of carbonyl (C=O) groups is 1. The van der Waals surface area contributed by atoms with Crippen molar-refractivity contribution in [2.45, 2.75) is 21.8 Å². The number of anilines is 1. The van der Waals surface area contributed by atoms with Gasteiger partial charge in [-0.1, -0.05) is 36.4 Å². The van der Waals surface area contributed by atoms with Crippen molar-refractivity contribution in [3.8, 4) is 0 Å². The van der Waals surface area contributed by atoms with Gasteiger partial charge in [0.05, 0.1) is 10.6 Å². The summed E-state index contributed by atoms with van der Waals surface area (Å²) in [5, 5.41) is 2.65. The van der Waals surface area contributed by atoms with Crippen LogP contribution in [-0.4, -0.2) is 19.8 Å². The Hall–Kier alpha value is -2.98. The number of amides is 1. The van der Waals surface area contributed by atoms with E-state index in [1.807, 2.05) is 0 Å². The first-order valence-electron chi connectivity index (χ1n) is 8.94. The summed E-state index contributed by atoms with van der Waals surface area (Å²) in [5.41, 5.74) is -3.38. The monoisotopic (exact) mass is 466 g/mol. The van der Waals surface area contributed by atoms with E-state index in [9.17, 15) is 26.4 Å². The lowest BCUT2D eigenvalue weighted by Gasteiger charge is -2.13. The molecule has 3 aromatic rings. The van der Waals surface area contributed by atoms with Gasteiger partial charge >= 0.3 is 5.51 Å². The third-order valence-corrected chi connectivity index (χ3v) is 6.23. The number of halogens is 3. The van der Waals surface area contributed by atoms with Crippen LogP contribution < -0.4 is 10.0 Å². The molecule has 0 heterocycles. The topological polar surface area (TPSA) is 75.3 Å². The van der Waals surface area contributed by atoms with Crippen LogP contribution in [0.4, 0.5) is 18.9 Å². The normalized spacial score (nSPS) is 11.7. The van der Waals surface area contributed by atoms with E-state index < -0.39 is 21.4 Å².